The molecule has 13 atom stereocenters. The number of methoxy groups -OCH3 is 2. The van der Waals surface area contributed by atoms with E-state index < -0.39 is 173 Å². The molecule has 8 N–H and O–H groups in total. The van der Waals surface area contributed by atoms with E-state index in [4.69, 9.17) is 53.1 Å². The van der Waals surface area contributed by atoms with Crippen LogP contribution in [0.25, 0.3) is 0 Å². The number of fused-ring (bicyclic) bond motifs is 5. The molecule has 3 aliphatic carbocycles. The molecular weight excluding hydrogens is 1390 g/mol. The Balaban J connectivity index is 1.11. The molecule has 0 aromatic heterocycles. The van der Waals surface area contributed by atoms with Gasteiger partial charge in [0.05, 0.1) is 29.6 Å². The Labute approximate surface area is 622 Å². The van der Waals surface area contributed by atoms with Gasteiger partial charge < -0.3 is 94.6 Å². The number of rotatable bonds is 31. The smallest absolute Gasteiger partial charge is 0.410 e. The molecule has 2 bridgehead atoms. The number of likely N-dealkylation sites (N-methyl/N-ethyl adjacent to an activating group) is 2. The lowest BCUT2D eigenvalue weighted by Gasteiger charge is -2.67. The number of anilines is 1. The van der Waals surface area contributed by atoms with E-state index in [-0.39, 0.29) is 92.7 Å². The number of benzene rings is 3. The summed E-state index contributed by atoms with van der Waals surface area (Å²) in [5.74, 6) is -7.92. The third kappa shape index (κ3) is 20.0. The van der Waals surface area contributed by atoms with Gasteiger partial charge in [-0.3, -0.25) is 28.8 Å². The van der Waals surface area contributed by atoms with E-state index >= 15 is 9.59 Å². The van der Waals surface area contributed by atoms with Crippen LogP contribution in [0, 0.1) is 28.6 Å². The topological polar surface area (TPSA) is 410 Å². The van der Waals surface area contributed by atoms with Crippen molar-refractivity contribution in [1.29, 1.82) is 0 Å². The molecule has 3 aromatic carbocycles. The van der Waals surface area contributed by atoms with Crippen LogP contribution in [0.5, 0.6) is 0 Å². The molecule has 1 saturated heterocycles. The molecule has 31 nitrogen and oxygen atoms in total. The SMILES string of the molecule is CO[C@H]1C(=O)[C@]2(C)[C@@H](OC)C[C@H]3OC[C@@]3(OC(C)=O)[C@H]2[C@H](OC(=O)c2ccccc2)[C@]2(O)C[C@H](OC(=O)[C@H](OC(=O)N(C)CCN(C)C(=O)OCc3ccc(NC(=O)[C@H](CCCNC(N)=O)NC(=O)[C@@H](NC(=O)COCC(=O)C(C)C)C(C)C)cc3)[C@@H](NC(=O)OC(C)(C)C)c3ccccc3)C(C)=C1C2(C)C. The van der Waals surface area contributed by atoms with Gasteiger partial charge in [-0.25, -0.2) is 28.8 Å². The summed E-state index contributed by atoms with van der Waals surface area (Å²) in [6.45, 7) is 17.6. The molecule has 3 fully saturated rings. The molecule has 7 rings (SSSR count). The highest BCUT2D eigenvalue weighted by Gasteiger charge is 2.78. The number of esters is 3. The van der Waals surface area contributed by atoms with Crippen LogP contribution < -0.4 is 32.3 Å². The second-order valence-electron chi connectivity index (χ2n) is 29.8. The number of hydrogen-bond donors (Lipinski definition) is 7. The number of carbonyl (C=O) groups excluding carboxylic acids is 12. The second-order valence-corrected chi connectivity index (χ2v) is 29.8. The highest BCUT2D eigenvalue weighted by molar-refractivity contribution is 5.99. The van der Waals surface area contributed by atoms with E-state index in [1.807, 2.05) is 0 Å². The number of nitrogens with two attached hydrogens (primary N) is 1. The summed E-state index contributed by atoms with van der Waals surface area (Å²) in [5, 5.41) is 27.4. The first-order valence-corrected chi connectivity index (χ1v) is 35.5. The van der Waals surface area contributed by atoms with Gasteiger partial charge in [-0.1, -0.05) is 102 Å². The number of hydrogen-bond acceptors (Lipinski definition) is 23. The zero-order valence-electron chi connectivity index (χ0n) is 63.7. The average Bonchev–Trinajstić information content (AvgIpc) is 0.668. The zero-order valence-corrected chi connectivity index (χ0v) is 63.7. The highest BCUT2D eigenvalue weighted by Crippen LogP contribution is 2.65. The fraction of sp³-hybridized carbons (Fsp3) is 0.579. The predicted octanol–water partition coefficient (Wildman–Crippen LogP) is 6.17. The van der Waals surface area contributed by atoms with Crippen LogP contribution in [0.1, 0.15) is 136 Å². The Morgan fingerprint density at radius 1 is 0.785 bits per heavy atom. The molecule has 0 radical (unpaired) electrons. The number of ketones is 2. The predicted molar refractivity (Wildman–Crippen MR) is 384 cm³/mol. The lowest BCUT2D eigenvalue weighted by Crippen LogP contribution is -2.82. The molecular formula is C76H104N8O23. The first kappa shape index (κ1) is 84.7. The summed E-state index contributed by atoms with van der Waals surface area (Å²) in [6.07, 6.45) is -12.2. The normalized spacial score (nSPS) is 23.9. The minimum Gasteiger partial charge on any atom is -0.455 e. The van der Waals surface area contributed by atoms with Crippen LogP contribution >= 0.6 is 0 Å². The molecule has 1 heterocycles. The van der Waals surface area contributed by atoms with Crippen molar-refractivity contribution in [3.8, 4) is 0 Å². The standard InChI is InChI=1S/C76H104N8O23/c1-42(2)51(86)39-100-40-55(87)81-57(43(3)4)65(90)80-50(28-23-33-78-68(77)93)64(89)79-49-31-29-46(30-32-49)38-101-70(95)83(13)34-35-84(14)71(96)104-60(58(47-24-19-17-20-25-47)82-69(94)107-72(7,8)9)67(92)103-52-37-76(97)63(105-66(91)48-26-21-18-22-27-48)61-74(12,62(88)59(99-16)56(44(52)5)73(76,10)11)53(98-15)36-54-75(61,41-102-54)106-45(6)85/h17-22,24-27,29-32,42-43,50,52-54,57-61,63,97H,23,28,33-41H2,1-16H3,(H,79,89)(H,80,90)(H,81,87)(H,82,94)(H3,77,78,93)/t50-,52-,53-,54+,57-,58-,59+,60+,61-,63-,74+,75-,76+/m0/s1. The van der Waals surface area contributed by atoms with Gasteiger partial charge in [0.1, 0.15) is 73.6 Å². The van der Waals surface area contributed by atoms with E-state index in [1.54, 1.807) is 137 Å². The van der Waals surface area contributed by atoms with Crippen molar-refractivity contribution in [2.75, 3.05) is 73.1 Å². The maximum absolute atomic E-state index is 16.0. The van der Waals surface area contributed by atoms with E-state index in [0.29, 0.717) is 11.3 Å². The fourth-order valence-corrected chi connectivity index (χ4v) is 14.2. The zero-order chi connectivity index (χ0) is 79.3. The van der Waals surface area contributed by atoms with Crippen LogP contribution in [0.3, 0.4) is 0 Å². The van der Waals surface area contributed by atoms with E-state index in [0.717, 1.165) is 4.90 Å². The lowest BCUT2D eigenvalue weighted by molar-refractivity contribution is -0.347. The minimum atomic E-state index is -2.40. The van der Waals surface area contributed by atoms with Gasteiger partial charge in [0, 0.05) is 84.7 Å². The molecule has 107 heavy (non-hydrogen) atoms. The van der Waals surface area contributed by atoms with Crippen LogP contribution in [-0.4, -0.2) is 220 Å². The number of carbonyl (C=O) groups is 12. The molecule has 31 heteroatoms. The number of Topliss-reactive ketones (excluding diaryl/α,β-unsaturated/α-hetero) is 2. The summed E-state index contributed by atoms with van der Waals surface area (Å²) in [7, 11) is 5.44. The Morgan fingerprint density at radius 2 is 1.41 bits per heavy atom. The number of aliphatic hydroxyl groups is 1. The van der Waals surface area contributed by atoms with Crippen molar-refractivity contribution in [1.82, 2.24) is 31.1 Å². The Morgan fingerprint density at radius 3 is 1.97 bits per heavy atom. The summed E-state index contributed by atoms with van der Waals surface area (Å²) in [5.41, 5.74) is -1.94. The summed E-state index contributed by atoms with van der Waals surface area (Å²) in [4.78, 5) is 168. The lowest BCUT2D eigenvalue weighted by atomic mass is 9.44. The summed E-state index contributed by atoms with van der Waals surface area (Å²) in [6, 6.07) is 17.5. The average molecular weight is 1500 g/mol. The Hall–Kier alpha value is -9.56. The van der Waals surface area contributed by atoms with Crippen molar-refractivity contribution in [2.24, 2.45) is 34.3 Å². The molecule has 2 saturated carbocycles. The molecule has 586 valence electrons. The van der Waals surface area contributed by atoms with Gasteiger partial charge in [0.25, 0.3) is 0 Å². The maximum Gasteiger partial charge on any atom is 0.410 e. The number of nitrogens with one attached hydrogen (secondary N) is 5. The van der Waals surface area contributed by atoms with Gasteiger partial charge in [-0.15, -0.1) is 0 Å². The molecule has 0 spiro atoms. The molecule has 3 aromatic rings. The number of urea groups is 1. The summed E-state index contributed by atoms with van der Waals surface area (Å²) < 4.78 is 60.5. The van der Waals surface area contributed by atoms with E-state index in [2.05, 4.69) is 26.6 Å². The van der Waals surface area contributed by atoms with Crippen LogP contribution in [0.15, 0.2) is 96.1 Å². The van der Waals surface area contributed by atoms with Gasteiger partial charge >= 0.3 is 42.2 Å². The van der Waals surface area contributed by atoms with Crippen LogP contribution in [0.2, 0.25) is 0 Å². The van der Waals surface area contributed by atoms with Gasteiger partial charge in [-0.2, -0.15) is 0 Å². The summed E-state index contributed by atoms with van der Waals surface area (Å²) >= 11 is 0. The molecule has 1 aliphatic heterocycles. The highest BCUT2D eigenvalue weighted by atomic mass is 16.6. The van der Waals surface area contributed by atoms with E-state index in [1.165, 1.54) is 64.4 Å². The van der Waals surface area contributed by atoms with Crippen molar-refractivity contribution in [3.63, 3.8) is 0 Å². The van der Waals surface area contributed by atoms with Crippen LogP contribution in [-0.2, 0) is 87.5 Å². The molecule has 4 aliphatic rings. The van der Waals surface area contributed by atoms with Gasteiger partial charge in [0.15, 0.2) is 17.2 Å². The van der Waals surface area contributed by atoms with Crippen molar-refractivity contribution < 1.29 is 110 Å². The Bertz CT molecular complexity index is 3750. The first-order valence-electron chi connectivity index (χ1n) is 35.5. The van der Waals surface area contributed by atoms with Gasteiger partial charge in [-0.05, 0) is 99.9 Å². The third-order valence-electron chi connectivity index (χ3n) is 20.2. The van der Waals surface area contributed by atoms with E-state index in [9.17, 15) is 53.1 Å². The minimum absolute atomic E-state index is 0.0370. The number of amides is 8. The van der Waals surface area contributed by atoms with Crippen molar-refractivity contribution >= 4 is 77.2 Å². The number of nitrogens with zero attached hydrogens (tertiary/aromatic N) is 2. The quantitative estimate of drug-likeness (QED) is 0.0164. The van der Waals surface area contributed by atoms with Gasteiger partial charge in [0.2, 0.25) is 23.8 Å². The molecule has 0 unspecified atom stereocenters. The fourth-order valence-electron chi connectivity index (χ4n) is 14.2. The first-order chi connectivity index (χ1) is 50.2. The monoisotopic (exact) mass is 1500 g/mol. The Kier molecular flexibility index (Phi) is 28.4. The van der Waals surface area contributed by atoms with Crippen LogP contribution in [0.4, 0.5) is 24.9 Å². The number of ether oxygens (including phenoxy) is 10. The number of alkyl carbamates (subject to hydrolysis) is 1. The van der Waals surface area contributed by atoms with Crippen molar-refractivity contribution in [2.45, 2.75) is 187 Å². The van der Waals surface area contributed by atoms with Crippen molar-refractivity contribution in [3.05, 3.63) is 113 Å². The number of primary amides is 1. The maximum atomic E-state index is 16.0. The molecule has 8 amide bonds. The second kappa shape index (κ2) is 35.9. The largest absolute Gasteiger partial charge is 0.455 e. The third-order valence-corrected chi connectivity index (χ3v) is 20.2.